The van der Waals surface area contributed by atoms with Gasteiger partial charge in [-0.2, -0.15) is 0 Å². The normalized spacial score (nSPS) is 10.2. The summed E-state index contributed by atoms with van der Waals surface area (Å²) >= 11 is 3.37. The maximum absolute atomic E-state index is 12.3. The van der Waals surface area contributed by atoms with Crippen LogP contribution in [0.25, 0.3) is 0 Å². The number of halogens is 1. The summed E-state index contributed by atoms with van der Waals surface area (Å²) in [5, 5.41) is 5.40. The number of hydrogen-bond donors (Lipinski definition) is 2. The van der Waals surface area contributed by atoms with Gasteiger partial charge >= 0.3 is 0 Å². The molecule has 0 atom stereocenters. The molecule has 3 aromatic rings. The van der Waals surface area contributed by atoms with Gasteiger partial charge in [0.2, 0.25) is 11.8 Å². The number of ether oxygens (including phenoxy) is 1. The van der Waals surface area contributed by atoms with Crippen molar-refractivity contribution in [2.24, 2.45) is 0 Å². The third kappa shape index (κ3) is 6.09. The third-order valence-electron chi connectivity index (χ3n) is 4.22. The molecule has 2 amide bonds. The predicted octanol–water partition coefficient (Wildman–Crippen LogP) is 4.43. The van der Waals surface area contributed by atoms with Crippen molar-refractivity contribution >= 4 is 39.1 Å². The predicted molar refractivity (Wildman–Crippen MR) is 122 cm³/mol. The molecule has 0 saturated heterocycles. The summed E-state index contributed by atoms with van der Waals surface area (Å²) in [7, 11) is 1.80. The van der Waals surface area contributed by atoms with Crippen molar-refractivity contribution in [1.29, 1.82) is 0 Å². The second-order valence-electron chi connectivity index (χ2n) is 6.54. The summed E-state index contributed by atoms with van der Waals surface area (Å²) in [6, 6.07) is 24.2. The van der Waals surface area contributed by atoms with Gasteiger partial charge in [-0.3, -0.25) is 9.59 Å². The number of nitrogens with zero attached hydrogens (tertiary/aromatic N) is 1. The second kappa shape index (κ2) is 10.5. The Kier molecular flexibility index (Phi) is 7.45. The number of carbonyl (C=O) groups is 2. The number of anilines is 2. The molecule has 0 radical (unpaired) electrons. The average molecular weight is 468 g/mol. The molecular formula is C23H22BrN3O3. The standard InChI is InChI=1S/C23H22BrN3O3/c1-27(20-13-7-8-14-21(20)30-17-9-3-2-4-10-17)16-23(29)25-15-22(28)26-19-12-6-5-11-18(19)24/h2-14H,15-16H2,1H3,(H,25,29)(H,26,28). The Labute approximate surface area is 184 Å². The van der Waals surface area contributed by atoms with Crippen LogP contribution in [-0.4, -0.2) is 32.0 Å². The highest BCUT2D eigenvalue weighted by Gasteiger charge is 2.14. The van der Waals surface area contributed by atoms with Gasteiger partial charge in [-0.25, -0.2) is 0 Å². The lowest BCUT2D eigenvalue weighted by Crippen LogP contribution is -2.39. The van der Waals surface area contributed by atoms with E-state index in [1.165, 1.54) is 0 Å². The Morgan fingerprint density at radius 2 is 1.57 bits per heavy atom. The molecule has 0 fully saturated rings. The van der Waals surface area contributed by atoms with E-state index in [4.69, 9.17) is 4.74 Å². The third-order valence-corrected chi connectivity index (χ3v) is 4.91. The van der Waals surface area contributed by atoms with Gasteiger partial charge in [0.15, 0.2) is 5.75 Å². The number of hydrogen-bond acceptors (Lipinski definition) is 4. The number of amides is 2. The van der Waals surface area contributed by atoms with Crippen molar-refractivity contribution in [2.45, 2.75) is 0 Å². The minimum Gasteiger partial charge on any atom is -0.455 e. The smallest absolute Gasteiger partial charge is 0.243 e. The van der Waals surface area contributed by atoms with E-state index in [1.807, 2.05) is 72.8 Å². The van der Waals surface area contributed by atoms with Crippen molar-refractivity contribution in [3.8, 4) is 11.5 Å². The van der Waals surface area contributed by atoms with Crippen LogP contribution in [0.15, 0.2) is 83.3 Å². The topological polar surface area (TPSA) is 70.7 Å². The summed E-state index contributed by atoms with van der Waals surface area (Å²) in [4.78, 5) is 26.2. The second-order valence-corrected chi connectivity index (χ2v) is 7.40. The summed E-state index contributed by atoms with van der Waals surface area (Å²) in [5.41, 5.74) is 1.43. The van der Waals surface area contributed by atoms with Crippen LogP contribution in [0.4, 0.5) is 11.4 Å². The van der Waals surface area contributed by atoms with E-state index in [0.29, 0.717) is 17.2 Å². The van der Waals surface area contributed by atoms with Crippen LogP contribution in [0.1, 0.15) is 0 Å². The zero-order valence-corrected chi connectivity index (χ0v) is 18.1. The van der Waals surface area contributed by atoms with Crippen LogP contribution in [0.5, 0.6) is 11.5 Å². The molecule has 0 aliphatic heterocycles. The van der Waals surface area contributed by atoms with Gasteiger partial charge < -0.3 is 20.3 Å². The molecule has 0 spiro atoms. The van der Waals surface area contributed by atoms with E-state index < -0.39 is 0 Å². The number of likely N-dealkylation sites (N-methyl/N-ethyl adjacent to an activating group) is 1. The molecule has 30 heavy (non-hydrogen) atoms. The molecule has 0 aliphatic carbocycles. The van der Waals surface area contributed by atoms with Crippen LogP contribution in [0.2, 0.25) is 0 Å². The molecule has 6 nitrogen and oxygen atoms in total. The number of rotatable bonds is 8. The van der Waals surface area contributed by atoms with E-state index in [0.717, 1.165) is 10.2 Å². The van der Waals surface area contributed by atoms with Gasteiger partial charge in [-0.15, -0.1) is 0 Å². The monoisotopic (exact) mass is 467 g/mol. The van der Waals surface area contributed by atoms with Crippen molar-refractivity contribution in [2.75, 3.05) is 30.4 Å². The van der Waals surface area contributed by atoms with E-state index in [2.05, 4.69) is 26.6 Å². The minimum absolute atomic E-state index is 0.0808. The van der Waals surface area contributed by atoms with Crippen molar-refractivity contribution in [3.63, 3.8) is 0 Å². The minimum atomic E-state index is -0.300. The quantitative estimate of drug-likeness (QED) is 0.513. The summed E-state index contributed by atoms with van der Waals surface area (Å²) in [5.74, 6) is 0.789. The van der Waals surface area contributed by atoms with Crippen LogP contribution < -0.4 is 20.3 Å². The zero-order valence-electron chi connectivity index (χ0n) is 16.5. The Bertz CT molecular complexity index is 1010. The number of nitrogens with one attached hydrogen (secondary N) is 2. The first-order valence-corrected chi connectivity index (χ1v) is 10.2. The van der Waals surface area contributed by atoms with Gasteiger partial charge in [0.25, 0.3) is 0 Å². The first-order chi connectivity index (χ1) is 14.5. The zero-order chi connectivity index (χ0) is 21.3. The lowest BCUT2D eigenvalue weighted by molar-refractivity contribution is -0.123. The van der Waals surface area contributed by atoms with E-state index in [1.54, 1.807) is 18.0 Å². The van der Waals surface area contributed by atoms with Gasteiger partial charge in [0, 0.05) is 11.5 Å². The maximum Gasteiger partial charge on any atom is 0.243 e. The molecule has 154 valence electrons. The molecule has 0 aliphatic rings. The van der Waals surface area contributed by atoms with Crippen LogP contribution in [0, 0.1) is 0 Å². The van der Waals surface area contributed by atoms with Crippen molar-refractivity contribution in [1.82, 2.24) is 5.32 Å². The fourth-order valence-corrected chi connectivity index (χ4v) is 3.15. The molecular weight excluding hydrogens is 446 g/mol. The lowest BCUT2D eigenvalue weighted by atomic mass is 10.2. The largest absolute Gasteiger partial charge is 0.455 e. The number of carbonyl (C=O) groups excluding carboxylic acids is 2. The van der Waals surface area contributed by atoms with Crippen molar-refractivity contribution in [3.05, 3.63) is 83.3 Å². The molecule has 7 heteroatoms. The van der Waals surface area contributed by atoms with Crippen LogP contribution in [-0.2, 0) is 9.59 Å². The Morgan fingerprint density at radius 3 is 2.33 bits per heavy atom. The molecule has 0 heterocycles. The highest BCUT2D eigenvalue weighted by molar-refractivity contribution is 9.10. The SMILES string of the molecule is CN(CC(=O)NCC(=O)Nc1ccccc1Br)c1ccccc1Oc1ccccc1. The van der Waals surface area contributed by atoms with E-state index >= 15 is 0 Å². The Hall–Kier alpha value is -3.32. The number of para-hydroxylation sites is 4. The fraction of sp³-hybridized carbons (Fsp3) is 0.130. The lowest BCUT2D eigenvalue weighted by Gasteiger charge is -2.21. The molecule has 2 N–H and O–H groups in total. The Morgan fingerprint density at radius 1 is 0.900 bits per heavy atom. The van der Waals surface area contributed by atoms with E-state index in [-0.39, 0.29) is 24.9 Å². The molecule has 3 aromatic carbocycles. The van der Waals surface area contributed by atoms with Crippen LogP contribution in [0.3, 0.4) is 0 Å². The highest BCUT2D eigenvalue weighted by atomic mass is 79.9. The molecule has 0 aromatic heterocycles. The van der Waals surface area contributed by atoms with E-state index in [9.17, 15) is 9.59 Å². The first kappa shape index (κ1) is 21.4. The molecule has 3 rings (SSSR count). The van der Waals surface area contributed by atoms with Crippen LogP contribution >= 0.6 is 15.9 Å². The average Bonchev–Trinajstić information content (AvgIpc) is 2.75. The Balaban J connectivity index is 1.54. The van der Waals surface area contributed by atoms with Gasteiger partial charge in [-0.1, -0.05) is 42.5 Å². The van der Waals surface area contributed by atoms with Gasteiger partial charge in [0.1, 0.15) is 5.75 Å². The summed E-state index contributed by atoms with van der Waals surface area (Å²) in [6.45, 7) is -0.0341. The molecule has 0 bridgehead atoms. The maximum atomic E-state index is 12.3. The molecule has 0 saturated carbocycles. The van der Waals surface area contributed by atoms with Crippen molar-refractivity contribution < 1.29 is 14.3 Å². The summed E-state index contributed by atoms with van der Waals surface area (Å²) in [6.07, 6.45) is 0. The first-order valence-electron chi connectivity index (χ1n) is 9.37. The summed E-state index contributed by atoms with van der Waals surface area (Å²) < 4.78 is 6.72. The highest BCUT2D eigenvalue weighted by Crippen LogP contribution is 2.31. The van der Waals surface area contributed by atoms with Gasteiger partial charge in [0.05, 0.1) is 24.5 Å². The molecule has 0 unspecified atom stereocenters. The number of benzene rings is 3. The van der Waals surface area contributed by atoms with Gasteiger partial charge in [-0.05, 0) is 52.3 Å². The fourth-order valence-electron chi connectivity index (χ4n) is 2.77.